The smallest absolute Gasteiger partial charge is 0.134 e. The maximum atomic E-state index is 5.45. The second-order valence-electron chi connectivity index (χ2n) is 4.85. The SMILES string of the molecule is Brc1cccc(-c2cc(-c3ccc4ccoc4c3)[nH]n2)c1. The fourth-order valence-electron chi connectivity index (χ4n) is 2.39. The summed E-state index contributed by atoms with van der Waals surface area (Å²) in [5, 5.41) is 8.59. The molecule has 102 valence electrons. The van der Waals surface area contributed by atoms with Crippen LogP contribution in [-0.2, 0) is 0 Å². The zero-order chi connectivity index (χ0) is 14.2. The van der Waals surface area contributed by atoms with Crippen molar-refractivity contribution in [3.05, 3.63) is 65.3 Å². The summed E-state index contributed by atoms with van der Waals surface area (Å²) < 4.78 is 6.49. The van der Waals surface area contributed by atoms with E-state index in [1.807, 2.05) is 42.5 Å². The van der Waals surface area contributed by atoms with Gasteiger partial charge in [-0.1, -0.05) is 40.2 Å². The fraction of sp³-hybridized carbons (Fsp3) is 0. The maximum absolute atomic E-state index is 5.45. The molecule has 1 N–H and O–H groups in total. The fourth-order valence-corrected chi connectivity index (χ4v) is 2.79. The highest BCUT2D eigenvalue weighted by atomic mass is 79.9. The lowest BCUT2D eigenvalue weighted by molar-refractivity contribution is 0.616. The van der Waals surface area contributed by atoms with Crippen LogP contribution in [0.1, 0.15) is 0 Å². The number of aromatic amines is 1. The Kier molecular flexibility index (Phi) is 2.89. The summed E-state index contributed by atoms with van der Waals surface area (Å²) >= 11 is 3.48. The number of hydrogen-bond donors (Lipinski definition) is 1. The summed E-state index contributed by atoms with van der Waals surface area (Å²) in [4.78, 5) is 0. The van der Waals surface area contributed by atoms with Crippen molar-refractivity contribution in [2.45, 2.75) is 0 Å². The van der Waals surface area contributed by atoms with Crippen LogP contribution >= 0.6 is 15.9 Å². The molecule has 2 aromatic heterocycles. The average Bonchev–Trinajstić information content (AvgIpc) is 3.15. The summed E-state index contributed by atoms with van der Waals surface area (Å²) in [5.74, 6) is 0. The third kappa shape index (κ3) is 2.28. The van der Waals surface area contributed by atoms with Crippen LogP contribution < -0.4 is 0 Å². The Morgan fingerprint density at radius 3 is 2.81 bits per heavy atom. The molecule has 0 unspecified atom stereocenters. The number of hydrogen-bond acceptors (Lipinski definition) is 2. The molecule has 3 nitrogen and oxygen atoms in total. The topological polar surface area (TPSA) is 41.8 Å². The summed E-state index contributed by atoms with van der Waals surface area (Å²) in [5.41, 5.74) is 4.91. The highest BCUT2D eigenvalue weighted by Crippen LogP contribution is 2.28. The van der Waals surface area contributed by atoms with Crippen LogP contribution in [0.15, 0.2) is 69.8 Å². The van der Waals surface area contributed by atoms with Crippen LogP contribution in [0, 0.1) is 0 Å². The van der Waals surface area contributed by atoms with E-state index >= 15 is 0 Å². The summed E-state index contributed by atoms with van der Waals surface area (Å²) in [6.45, 7) is 0. The first-order chi connectivity index (χ1) is 10.3. The van der Waals surface area contributed by atoms with Crippen LogP contribution in [-0.4, -0.2) is 10.2 Å². The lowest BCUT2D eigenvalue weighted by Gasteiger charge is -1.97. The van der Waals surface area contributed by atoms with Gasteiger partial charge in [0.1, 0.15) is 5.58 Å². The molecule has 0 amide bonds. The molecule has 0 radical (unpaired) electrons. The first-order valence-electron chi connectivity index (χ1n) is 6.58. The van der Waals surface area contributed by atoms with Crippen molar-refractivity contribution in [2.24, 2.45) is 0 Å². The van der Waals surface area contributed by atoms with Gasteiger partial charge in [-0.15, -0.1) is 0 Å². The molecule has 0 saturated heterocycles. The van der Waals surface area contributed by atoms with Crippen molar-refractivity contribution in [3.63, 3.8) is 0 Å². The number of fused-ring (bicyclic) bond motifs is 1. The number of rotatable bonds is 2. The van der Waals surface area contributed by atoms with Gasteiger partial charge in [0.05, 0.1) is 17.7 Å². The number of nitrogens with one attached hydrogen (secondary N) is 1. The highest BCUT2D eigenvalue weighted by Gasteiger charge is 2.07. The average molecular weight is 339 g/mol. The van der Waals surface area contributed by atoms with Crippen molar-refractivity contribution in [2.75, 3.05) is 0 Å². The molecule has 4 rings (SSSR count). The van der Waals surface area contributed by atoms with E-state index in [1.54, 1.807) is 6.26 Å². The minimum Gasteiger partial charge on any atom is -0.464 e. The molecule has 2 heterocycles. The Bertz CT molecular complexity index is 923. The van der Waals surface area contributed by atoms with Gasteiger partial charge in [0.15, 0.2) is 0 Å². The van der Waals surface area contributed by atoms with Crippen LogP contribution in [0.25, 0.3) is 33.5 Å². The van der Waals surface area contributed by atoms with Crippen LogP contribution in [0.5, 0.6) is 0 Å². The molecule has 4 aromatic rings. The van der Waals surface area contributed by atoms with E-state index in [1.165, 1.54) is 0 Å². The van der Waals surface area contributed by atoms with E-state index in [0.29, 0.717) is 0 Å². The zero-order valence-electron chi connectivity index (χ0n) is 11.0. The van der Waals surface area contributed by atoms with Gasteiger partial charge in [-0.2, -0.15) is 5.10 Å². The van der Waals surface area contributed by atoms with Crippen LogP contribution in [0.4, 0.5) is 0 Å². The van der Waals surface area contributed by atoms with Crippen molar-refractivity contribution >= 4 is 26.9 Å². The van der Waals surface area contributed by atoms with Gasteiger partial charge < -0.3 is 4.42 Å². The summed E-state index contributed by atoms with van der Waals surface area (Å²) in [6, 6.07) is 18.2. The predicted octanol–water partition coefficient (Wildman–Crippen LogP) is 5.25. The monoisotopic (exact) mass is 338 g/mol. The van der Waals surface area contributed by atoms with E-state index in [0.717, 1.165) is 38.0 Å². The quantitative estimate of drug-likeness (QED) is 0.542. The van der Waals surface area contributed by atoms with E-state index in [4.69, 9.17) is 4.42 Å². The van der Waals surface area contributed by atoms with Crippen molar-refractivity contribution in [3.8, 4) is 22.5 Å². The molecular weight excluding hydrogens is 328 g/mol. The van der Waals surface area contributed by atoms with Gasteiger partial charge in [-0.25, -0.2) is 0 Å². The van der Waals surface area contributed by atoms with Crippen molar-refractivity contribution in [1.29, 1.82) is 0 Å². The first kappa shape index (κ1) is 12.4. The van der Waals surface area contributed by atoms with Gasteiger partial charge in [0.2, 0.25) is 0 Å². The van der Waals surface area contributed by atoms with E-state index in [9.17, 15) is 0 Å². The van der Waals surface area contributed by atoms with E-state index in [2.05, 4.69) is 38.3 Å². The molecule has 0 aliphatic rings. The summed E-state index contributed by atoms with van der Waals surface area (Å²) in [7, 11) is 0. The number of furan rings is 1. The standard InChI is InChI=1S/C17H11BrN2O/c18-14-3-1-2-12(8-14)15-10-16(20-19-15)13-5-4-11-6-7-21-17(11)9-13/h1-10H,(H,19,20). The predicted molar refractivity (Wildman–Crippen MR) is 86.9 cm³/mol. The van der Waals surface area contributed by atoms with Gasteiger partial charge in [0.25, 0.3) is 0 Å². The Labute approximate surface area is 129 Å². The Morgan fingerprint density at radius 2 is 1.90 bits per heavy atom. The highest BCUT2D eigenvalue weighted by molar-refractivity contribution is 9.10. The van der Waals surface area contributed by atoms with Crippen LogP contribution in [0.2, 0.25) is 0 Å². The van der Waals surface area contributed by atoms with Gasteiger partial charge in [0, 0.05) is 21.0 Å². The Morgan fingerprint density at radius 1 is 0.952 bits per heavy atom. The molecule has 4 heteroatoms. The first-order valence-corrected chi connectivity index (χ1v) is 7.38. The summed E-state index contributed by atoms with van der Waals surface area (Å²) in [6.07, 6.45) is 1.70. The Hall–Kier alpha value is -2.33. The lowest BCUT2D eigenvalue weighted by Crippen LogP contribution is -1.77. The molecule has 0 aliphatic heterocycles. The van der Waals surface area contributed by atoms with E-state index < -0.39 is 0 Å². The molecule has 21 heavy (non-hydrogen) atoms. The number of H-pyrrole nitrogens is 1. The van der Waals surface area contributed by atoms with Gasteiger partial charge >= 0.3 is 0 Å². The second kappa shape index (κ2) is 4.90. The molecule has 0 bridgehead atoms. The number of benzene rings is 2. The van der Waals surface area contributed by atoms with E-state index in [-0.39, 0.29) is 0 Å². The third-order valence-corrected chi connectivity index (χ3v) is 3.96. The largest absolute Gasteiger partial charge is 0.464 e. The molecule has 2 aromatic carbocycles. The second-order valence-corrected chi connectivity index (χ2v) is 5.77. The Balaban J connectivity index is 1.76. The minimum absolute atomic E-state index is 0.881. The molecule has 0 spiro atoms. The molecule has 0 aliphatic carbocycles. The van der Waals surface area contributed by atoms with Crippen molar-refractivity contribution < 1.29 is 4.42 Å². The molecule has 0 saturated carbocycles. The van der Waals surface area contributed by atoms with Crippen molar-refractivity contribution in [1.82, 2.24) is 10.2 Å². The lowest BCUT2D eigenvalue weighted by atomic mass is 10.1. The normalized spacial score (nSPS) is 11.1. The number of nitrogens with zero attached hydrogens (tertiary/aromatic N) is 1. The number of halogens is 1. The van der Waals surface area contributed by atoms with Crippen LogP contribution in [0.3, 0.4) is 0 Å². The molecular formula is C17H11BrN2O. The van der Waals surface area contributed by atoms with Gasteiger partial charge in [-0.3, -0.25) is 5.10 Å². The third-order valence-electron chi connectivity index (χ3n) is 3.47. The molecule has 0 atom stereocenters. The number of aromatic nitrogens is 2. The zero-order valence-corrected chi connectivity index (χ0v) is 12.6. The minimum atomic E-state index is 0.881. The molecule has 0 fully saturated rings. The van der Waals surface area contributed by atoms with Gasteiger partial charge in [-0.05, 0) is 30.3 Å². The maximum Gasteiger partial charge on any atom is 0.134 e.